The number of hydrogen-bond acceptors (Lipinski definition) is 0. The van der Waals surface area contributed by atoms with Crippen LogP contribution in [0, 0.1) is 29.1 Å². The van der Waals surface area contributed by atoms with Gasteiger partial charge >= 0.3 is 103 Å². The van der Waals surface area contributed by atoms with Crippen LogP contribution in [0.25, 0.3) is 0 Å². The van der Waals surface area contributed by atoms with E-state index in [2.05, 4.69) is 0 Å². The van der Waals surface area contributed by atoms with Crippen LogP contribution in [0.4, 0.5) is 22.0 Å². The molecule has 9 heteroatoms. The Labute approximate surface area is 139 Å². The van der Waals surface area contributed by atoms with E-state index in [4.69, 9.17) is 0 Å². The second-order valence-electron chi connectivity index (χ2n) is 3.39. The zero-order valence-corrected chi connectivity index (χ0v) is 13.6. The first-order chi connectivity index (χ1) is 8.02. The Morgan fingerprint density at radius 2 is 1.20 bits per heavy atom. The van der Waals surface area contributed by atoms with Gasteiger partial charge in [-0.25, -0.2) is 0 Å². The van der Waals surface area contributed by atoms with Crippen molar-refractivity contribution >= 4 is 41.1 Å². The van der Waals surface area contributed by atoms with Gasteiger partial charge in [0.25, 0.3) is 0 Å². The molecule has 1 aromatic rings. The van der Waals surface area contributed by atoms with Crippen molar-refractivity contribution in [1.29, 1.82) is 0 Å². The van der Waals surface area contributed by atoms with Crippen molar-refractivity contribution in [2.45, 2.75) is 6.42 Å². The quantitative estimate of drug-likeness (QED) is 0.308. The average molecular weight is 389 g/mol. The molecule has 0 bridgehead atoms. The standard InChI is InChI=1S/C6F5.C5H5.3ClH.Ti/c7-2-1-3(8)5(10)6(11)4(2)9;1-2-4-5-3-1;;;;/h;1-3H,4H2;3*1H;. The number of allylic oxidation sites excluding steroid dienone is 4. The maximum atomic E-state index is 13.3. The molecule has 2 rings (SSSR count). The second-order valence-corrected chi connectivity index (χ2v) is 5.57. The van der Waals surface area contributed by atoms with Gasteiger partial charge in [0.05, 0.1) is 0 Å². The molecule has 0 N–H and O–H groups in total. The monoisotopic (exact) mass is 388 g/mol. The minimum absolute atomic E-state index is 0. The molecular weight excluding hydrogens is 381 g/mol. The van der Waals surface area contributed by atoms with Gasteiger partial charge in [-0.15, -0.1) is 37.2 Å². The molecule has 112 valence electrons. The van der Waals surface area contributed by atoms with Gasteiger partial charge in [0.2, 0.25) is 0 Å². The van der Waals surface area contributed by atoms with Crippen molar-refractivity contribution in [3.05, 3.63) is 51.2 Å². The molecule has 0 atom stereocenters. The van der Waals surface area contributed by atoms with E-state index in [1.165, 1.54) is 0 Å². The number of rotatable bonds is 2. The van der Waals surface area contributed by atoms with E-state index in [1.54, 1.807) is 18.2 Å². The first-order valence-corrected chi connectivity index (χ1v) is 6.22. The van der Waals surface area contributed by atoms with E-state index in [1.807, 2.05) is 0 Å². The molecule has 1 aliphatic rings. The van der Waals surface area contributed by atoms with Gasteiger partial charge in [-0.3, -0.25) is 0 Å². The Balaban J connectivity index is 0. The fourth-order valence-electron chi connectivity index (χ4n) is 1.42. The third kappa shape index (κ3) is 4.21. The fraction of sp³-hybridized carbons (Fsp3) is 0.0909. The van der Waals surface area contributed by atoms with Crippen molar-refractivity contribution in [2.75, 3.05) is 0 Å². The van der Waals surface area contributed by atoms with Crippen molar-refractivity contribution in [3.8, 4) is 0 Å². The van der Waals surface area contributed by atoms with Gasteiger partial charge in [0.1, 0.15) is 0 Å². The third-order valence-electron chi connectivity index (χ3n) is 2.27. The zero-order chi connectivity index (χ0) is 12.6. The van der Waals surface area contributed by atoms with Crippen LogP contribution in [0.5, 0.6) is 0 Å². The Hall–Kier alpha value is -0.0657. The minimum atomic E-state index is -2.10. The fourth-order valence-corrected chi connectivity index (χ4v) is 3.23. The summed E-state index contributed by atoms with van der Waals surface area (Å²) in [7, 11) is 0. The summed E-state index contributed by atoms with van der Waals surface area (Å²) >= 11 is -1.51. The van der Waals surface area contributed by atoms with Crippen molar-refractivity contribution in [2.24, 2.45) is 0 Å². The summed E-state index contributed by atoms with van der Waals surface area (Å²) in [5, 5.41) is 0. The number of halogens is 8. The van der Waals surface area contributed by atoms with Gasteiger partial charge < -0.3 is 0 Å². The second kappa shape index (κ2) is 9.05. The average Bonchev–Trinajstić information content (AvgIpc) is 2.82. The van der Waals surface area contributed by atoms with Crippen LogP contribution in [0.3, 0.4) is 0 Å². The van der Waals surface area contributed by atoms with Crippen LogP contribution in [0.1, 0.15) is 6.42 Å². The summed E-state index contributed by atoms with van der Waals surface area (Å²) < 4.78 is 65.3. The molecule has 1 aromatic carbocycles. The van der Waals surface area contributed by atoms with Crippen LogP contribution in [0.15, 0.2) is 22.1 Å². The molecule has 0 aromatic heterocycles. The third-order valence-corrected chi connectivity index (χ3v) is 4.42. The van der Waals surface area contributed by atoms with Crippen molar-refractivity contribution in [3.63, 3.8) is 0 Å². The molecule has 0 fully saturated rings. The van der Waals surface area contributed by atoms with Gasteiger partial charge in [-0.2, -0.15) is 0 Å². The van der Waals surface area contributed by atoms with Gasteiger partial charge in [0, 0.05) is 0 Å². The molecular formula is C11H8Cl3F5Ti. The summed E-state index contributed by atoms with van der Waals surface area (Å²) in [5.74, 6) is -9.24. The molecule has 0 nitrogen and oxygen atoms in total. The van der Waals surface area contributed by atoms with Crippen LogP contribution in [-0.4, -0.2) is 0 Å². The Morgan fingerprint density at radius 1 is 0.750 bits per heavy atom. The van der Waals surface area contributed by atoms with Gasteiger partial charge in [0.15, 0.2) is 0 Å². The molecule has 0 amide bonds. The number of benzene rings is 1. The van der Waals surface area contributed by atoms with Crippen LogP contribution >= 0.6 is 37.2 Å². The van der Waals surface area contributed by atoms with E-state index in [0.29, 0.717) is 6.42 Å². The normalized spacial score (nSPS) is 11.9. The molecule has 0 radical (unpaired) electrons. The summed E-state index contributed by atoms with van der Waals surface area (Å²) in [4.78, 5) is 0. The molecule has 0 unspecified atom stereocenters. The van der Waals surface area contributed by atoms with Crippen LogP contribution in [0.2, 0.25) is 0 Å². The summed E-state index contributed by atoms with van der Waals surface area (Å²) in [6.07, 6.45) is 5.63. The Kier molecular flexibility index (Phi) is 10.1. The SMILES string of the molecule is Cl.Cl.Cl.Fc1c(F)c(F)[c]([Ti][C]2=CC=CC2)c(F)c1F. The predicted octanol–water partition coefficient (Wildman–Crippen LogP) is 4.20. The van der Waals surface area contributed by atoms with E-state index in [-0.39, 0.29) is 37.2 Å². The maximum absolute atomic E-state index is 13.3. The van der Waals surface area contributed by atoms with Gasteiger partial charge in [-0.05, 0) is 0 Å². The summed E-state index contributed by atoms with van der Waals surface area (Å²) in [6, 6.07) is 0. The zero-order valence-electron chi connectivity index (χ0n) is 9.55. The van der Waals surface area contributed by atoms with E-state index < -0.39 is 52.1 Å². The van der Waals surface area contributed by atoms with Crippen LogP contribution < -0.4 is 3.87 Å². The van der Waals surface area contributed by atoms with Crippen molar-refractivity contribution < 1.29 is 41.1 Å². The Morgan fingerprint density at radius 3 is 1.60 bits per heavy atom. The van der Waals surface area contributed by atoms with E-state index in [0.717, 1.165) is 3.88 Å². The molecule has 1 aliphatic carbocycles. The molecule has 0 saturated carbocycles. The molecule has 0 saturated heterocycles. The van der Waals surface area contributed by atoms with Gasteiger partial charge in [-0.1, -0.05) is 0 Å². The first-order valence-electron chi connectivity index (χ1n) is 4.66. The molecule has 0 heterocycles. The molecule has 0 aliphatic heterocycles. The topological polar surface area (TPSA) is 0 Å². The summed E-state index contributed by atoms with van der Waals surface area (Å²) in [6.45, 7) is 0. The van der Waals surface area contributed by atoms with E-state index in [9.17, 15) is 22.0 Å². The van der Waals surface area contributed by atoms with Crippen molar-refractivity contribution in [1.82, 2.24) is 0 Å². The summed E-state index contributed by atoms with van der Waals surface area (Å²) in [5.41, 5.74) is 0. The Bertz CT molecular complexity index is 516. The molecule has 20 heavy (non-hydrogen) atoms. The van der Waals surface area contributed by atoms with E-state index >= 15 is 0 Å². The predicted molar refractivity (Wildman–Crippen MR) is 69.5 cm³/mol. The number of hydrogen-bond donors (Lipinski definition) is 0. The first kappa shape index (κ1) is 22.2. The van der Waals surface area contributed by atoms with Crippen LogP contribution in [-0.2, 0) is 19.2 Å². The molecule has 0 spiro atoms.